The number of benzene rings is 1. The van der Waals surface area contributed by atoms with Crippen molar-refractivity contribution in [3.05, 3.63) is 35.1 Å². The molecule has 1 nitrogen and oxygen atoms in total. The second-order valence-electron chi connectivity index (χ2n) is 4.95. The van der Waals surface area contributed by atoms with E-state index >= 15 is 0 Å². The third kappa shape index (κ3) is 2.43. The van der Waals surface area contributed by atoms with Gasteiger partial charge in [0.25, 0.3) is 0 Å². The molecule has 1 aliphatic carbocycles. The van der Waals surface area contributed by atoms with Gasteiger partial charge in [0, 0.05) is 11.6 Å². The Morgan fingerprint density at radius 3 is 2.62 bits per heavy atom. The van der Waals surface area contributed by atoms with Crippen LogP contribution < -0.4 is 5.73 Å². The predicted molar refractivity (Wildman–Crippen MR) is 64.6 cm³/mol. The van der Waals surface area contributed by atoms with Crippen LogP contribution in [0, 0.1) is 18.7 Å². The maximum atomic E-state index is 13.7. The number of aryl methyl sites for hydroxylation is 1. The zero-order valence-electron chi connectivity index (χ0n) is 9.88. The molecule has 0 bridgehead atoms. The van der Waals surface area contributed by atoms with Crippen LogP contribution in [0.25, 0.3) is 0 Å². The SMILES string of the molecule is Cc1ccc(F)c(C(N)C2CCCCC2)c1. The first kappa shape index (κ1) is 11.6. The lowest BCUT2D eigenvalue weighted by Crippen LogP contribution is -2.24. The summed E-state index contributed by atoms with van der Waals surface area (Å²) >= 11 is 0. The van der Waals surface area contributed by atoms with E-state index in [0.29, 0.717) is 11.5 Å². The van der Waals surface area contributed by atoms with Gasteiger partial charge in [-0.25, -0.2) is 4.39 Å². The van der Waals surface area contributed by atoms with Crippen molar-refractivity contribution in [2.75, 3.05) is 0 Å². The van der Waals surface area contributed by atoms with Crippen LogP contribution in [0.4, 0.5) is 4.39 Å². The Bertz CT molecular complexity index is 356. The van der Waals surface area contributed by atoms with E-state index in [-0.39, 0.29) is 11.9 Å². The molecular formula is C14H20FN. The molecule has 0 saturated heterocycles. The summed E-state index contributed by atoms with van der Waals surface area (Å²) in [5.74, 6) is 0.314. The third-order valence-corrected chi connectivity index (χ3v) is 3.67. The molecule has 0 radical (unpaired) electrons. The van der Waals surface area contributed by atoms with Gasteiger partial charge in [-0.2, -0.15) is 0 Å². The summed E-state index contributed by atoms with van der Waals surface area (Å²) in [6.45, 7) is 1.98. The Balaban J connectivity index is 2.18. The minimum atomic E-state index is -0.149. The van der Waals surface area contributed by atoms with E-state index < -0.39 is 0 Å². The Labute approximate surface area is 96.9 Å². The number of hydrogen-bond donors (Lipinski definition) is 1. The van der Waals surface area contributed by atoms with Crippen molar-refractivity contribution in [2.45, 2.75) is 45.1 Å². The maximum absolute atomic E-state index is 13.7. The van der Waals surface area contributed by atoms with E-state index in [0.717, 1.165) is 18.4 Å². The van der Waals surface area contributed by atoms with Gasteiger partial charge in [-0.1, -0.05) is 37.0 Å². The van der Waals surface area contributed by atoms with Gasteiger partial charge >= 0.3 is 0 Å². The molecule has 1 aromatic rings. The van der Waals surface area contributed by atoms with Crippen molar-refractivity contribution in [2.24, 2.45) is 11.7 Å². The molecule has 2 N–H and O–H groups in total. The lowest BCUT2D eigenvalue weighted by atomic mass is 9.81. The van der Waals surface area contributed by atoms with Gasteiger partial charge in [-0.15, -0.1) is 0 Å². The van der Waals surface area contributed by atoms with E-state index in [2.05, 4.69) is 0 Å². The first-order valence-electron chi connectivity index (χ1n) is 6.20. The fourth-order valence-electron chi connectivity index (χ4n) is 2.67. The van der Waals surface area contributed by atoms with Gasteiger partial charge in [0.15, 0.2) is 0 Å². The zero-order chi connectivity index (χ0) is 11.5. The molecule has 1 aromatic carbocycles. The van der Waals surface area contributed by atoms with Gasteiger partial charge in [0.05, 0.1) is 0 Å². The highest BCUT2D eigenvalue weighted by atomic mass is 19.1. The molecule has 2 rings (SSSR count). The normalized spacial score (nSPS) is 19.7. The average Bonchev–Trinajstić information content (AvgIpc) is 2.32. The second kappa shape index (κ2) is 4.96. The molecule has 1 atom stereocenters. The van der Waals surface area contributed by atoms with Crippen LogP contribution in [-0.4, -0.2) is 0 Å². The van der Waals surface area contributed by atoms with Crippen molar-refractivity contribution < 1.29 is 4.39 Å². The molecule has 2 heteroatoms. The lowest BCUT2D eigenvalue weighted by Gasteiger charge is -2.28. The molecule has 1 aliphatic rings. The largest absolute Gasteiger partial charge is 0.324 e. The average molecular weight is 221 g/mol. The molecule has 16 heavy (non-hydrogen) atoms. The van der Waals surface area contributed by atoms with Crippen molar-refractivity contribution in [3.8, 4) is 0 Å². The molecule has 0 spiro atoms. The van der Waals surface area contributed by atoms with Crippen molar-refractivity contribution in [1.82, 2.24) is 0 Å². The van der Waals surface area contributed by atoms with Gasteiger partial charge in [0.1, 0.15) is 5.82 Å². The van der Waals surface area contributed by atoms with Crippen LogP contribution in [0.2, 0.25) is 0 Å². The van der Waals surface area contributed by atoms with E-state index in [1.54, 1.807) is 6.07 Å². The minimum Gasteiger partial charge on any atom is -0.324 e. The van der Waals surface area contributed by atoms with Crippen LogP contribution in [-0.2, 0) is 0 Å². The number of hydrogen-bond acceptors (Lipinski definition) is 1. The summed E-state index contributed by atoms with van der Waals surface area (Å²) in [6.07, 6.45) is 6.08. The molecule has 1 unspecified atom stereocenters. The van der Waals surface area contributed by atoms with Crippen LogP contribution >= 0.6 is 0 Å². The first-order chi connectivity index (χ1) is 7.68. The highest BCUT2D eigenvalue weighted by Crippen LogP contribution is 2.33. The number of nitrogens with two attached hydrogens (primary N) is 1. The van der Waals surface area contributed by atoms with Gasteiger partial charge in [0.2, 0.25) is 0 Å². The van der Waals surface area contributed by atoms with E-state index in [9.17, 15) is 4.39 Å². The highest BCUT2D eigenvalue weighted by Gasteiger charge is 2.23. The summed E-state index contributed by atoms with van der Waals surface area (Å²) in [6, 6.07) is 5.11. The highest BCUT2D eigenvalue weighted by molar-refractivity contribution is 5.27. The molecule has 1 saturated carbocycles. The topological polar surface area (TPSA) is 26.0 Å². The molecular weight excluding hydrogens is 201 g/mol. The van der Waals surface area contributed by atoms with Crippen LogP contribution in [0.15, 0.2) is 18.2 Å². The summed E-state index contributed by atoms with van der Waals surface area (Å²) in [4.78, 5) is 0. The predicted octanol–water partition coefficient (Wildman–Crippen LogP) is 3.71. The molecule has 0 aromatic heterocycles. The molecule has 88 valence electrons. The Morgan fingerprint density at radius 2 is 1.94 bits per heavy atom. The van der Waals surface area contributed by atoms with E-state index in [1.807, 2.05) is 13.0 Å². The second-order valence-corrected chi connectivity index (χ2v) is 4.95. The van der Waals surface area contributed by atoms with Crippen molar-refractivity contribution in [1.29, 1.82) is 0 Å². The monoisotopic (exact) mass is 221 g/mol. The Hall–Kier alpha value is -0.890. The molecule has 0 amide bonds. The fourth-order valence-corrected chi connectivity index (χ4v) is 2.67. The fraction of sp³-hybridized carbons (Fsp3) is 0.571. The molecule has 1 fully saturated rings. The lowest BCUT2D eigenvalue weighted by molar-refractivity contribution is 0.303. The van der Waals surface area contributed by atoms with Crippen molar-refractivity contribution in [3.63, 3.8) is 0 Å². The van der Waals surface area contributed by atoms with Crippen LogP contribution in [0.5, 0.6) is 0 Å². The number of halogens is 1. The Morgan fingerprint density at radius 1 is 1.25 bits per heavy atom. The first-order valence-corrected chi connectivity index (χ1v) is 6.20. The molecule has 0 aliphatic heterocycles. The number of rotatable bonds is 2. The molecule has 0 heterocycles. The van der Waals surface area contributed by atoms with Gasteiger partial charge in [-0.05, 0) is 31.7 Å². The minimum absolute atomic E-state index is 0.125. The Kier molecular flexibility index (Phi) is 3.59. The third-order valence-electron chi connectivity index (χ3n) is 3.67. The maximum Gasteiger partial charge on any atom is 0.127 e. The summed E-state index contributed by atoms with van der Waals surface area (Å²) in [5.41, 5.74) is 7.99. The van der Waals surface area contributed by atoms with Crippen LogP contribution in [0.3, 0.4) is 0 Å². The summed E-state index contributed by atoms with van der Waals surface area (Å²) in [5, 5.41) is 0. The zero-order valence-corrected chi connectivity index (χ0v) is 9.88. The summed E-state index contributed by atoms with van der Waals surface area (Å²) < 4.78 is 13.7. The van der Waals surface area contributed by atoms with Gasteiger partial charge in [-0.3, -0.25) is 0 Å². The summed E-state index contributed by atoms with van der Waals surface area (Å²) in [7, 11) is 0. The van der Waals surface area contributed by atoms with Gasteiger partial charge < -0.3 is 5.73 Å². The van der Waals surface area contributed by atoms with Crippen LogP contribution in [0.1, 0.15) is 49.3 Å². The van der Waals surface area contributed by atoms with E-state index in [1.165, 1.54) is 25.3 Å². The van der Waals surface area contributed by atoms with E-state index in [4.69, 9.17) is 5.73 Å². The van der Waals surface area contributed by atoms with Crippen molar-refractivity contribution >= 4 is 0 Å². The smallest absolute Gasteiger partial charge is 0.127 e. The quantitative estimate of drug-likeness (QED) is 0.809. The standard InChI is InChI=1S/C14H20FN/c1-10-7-8-13(15)12(9-10)14(16)11-5-3-2-4-6-11/h7-9,11,14H,2-6,16H2,1H3.